The van der Waals surface area contributed by atoms with Gasteiger partial charge in [-0.2, -0.15) is 0 Å². The molecule has 0 aliphatic carbocycles. The Kier molecular flexibility index (Phi) is 6.14. The van der Waals surface area contributed by atoms with E-state index in [1.54, 1.807) is 6.07 Å². The number of hydrogen-bond acceptors (Lipinski definition) is 3. The summed E-state index contributed by atoms with van der Waals surface area (Å²) in [5.74, 6) is 0.466. The number of furan rings is 1. The minimum atomic E-state index is -0.439. The van der Waals surface area contributed by atoms with Crippen molar-refractivity contribution in [1.29, 1.82) is 0 Å². The van der Waals surface area contributed by atoms with Crippen LogP contribution in [-0.4, -0.2) is 11.0 Å². The number of phenols is 1. The second-order valence-electron chi connectivity index (χ2n) is 7.70. The number of carbonyl (C=O) groups excluding carboxylic acids is 1. The van der Waals surface area contributed by atoms with E-state index in [-0.39, 0.29) is 5.75 Å². The molecular formula is C26H24BrNO3. The lowest BCUT2D eigenvalue weighted by atomic mass is 9.96. The van der Waals surface area contributed by atoms with E-state index in [4.69, 9.17) is 10.2 Å². The molecule has 4 aromatic rings. The number of carbonyl (C=O) groups is 1. The van der Waals surface area contributed by atoms with Gasteiger partial charge in [0.15, 0.2) is 0 Å². The van der Waals surface area contributed by atoms with Gasteiger partial charge in [0.05, 0.1) is 10.0 Å². The van der Waals surface area contributed by atoms with Crippen molar-refractivity contribution in [1.82, 2.24) is 0 Å². The van der Waals surface area contributed by atoms with E-state index in [0.717, 1.165) is 40.5 Å². The van der Waals surface area contributed by atoms with E-state index in [1.165, 1.54) is 0 Å². The third-order valence-corrected chi connectivity index (χ3v) is 6.14. The van der Waals surface area contributed by atoms with Crippen LogP contribution in [-0.2, 0) is 12.8 Å². The van der Waals surface area contributed by atoms with Gasteiger partial charge in [-0.05, 0) is 69.2 Å². The Bertz CT molecular complexity index is 1240. The summed E-state index contributed by atoms with van der Waals surface area (Å²) in [4.78, 5) is 12.3. The predicted octanol–water partition coefficient (Wildman–Crippen LogP) is 6.60. The summed E-state index contributed by atoms with van der Waals surface area (Å²) in [7, 11) is 0. The molecular weight excluding hydrogens is 454 g/mol. The number of amides is 1. The summed E-state index contributed by atoms with van der Waals surface area (Å²) in [6.07, 6.45) is 3.35. The topological polar surface area (TPSA) is 76.5 Å². The van der Waals surface area contributed by atoms with E-state index in [2.05, 4.69) is 47.1 Å². The molecule has 0 fully saturated rings. The maximum absolute atomic E-state index is 12.3. The third-order valence-electron chi connectivity index (χ3n) is 5.51. The van der Waals surface area contributed by atoms with Gasteiger partial charge >= 0.3 is 0 Å². The Hall–Kier alpha value is -3.05. The molecule has 0 radical (unpaired) electrons. The smallest absolute Gasteiger partial charge is 0.252 e. The van der Waals surface area contributed by atoms with Crippen LogP contribution in [0.2, 0.25) is 0 Å². The Morgan fingerprint density at radius 1 is 1.06 bits per heavy atom. The second kappa shape index (κ2) is 8.98. The van der Waals surface area contributed by atoms with Gasteiger partial charge in [-0.1, -0.05) is 55.8 Å². The molecule has 0 bridgehead atoms. The van der Waals surface area contributed by atoms with Gasteiger partial charge < -0.3 is 15.3 Å². The first-order chi connectivity index (χ1) is 15.0. The van der Waals surface area contributed by atoms with Gasteiger partial charge in [-0.3, -0.25) is 4.79 Å². The monoisotopic (exact) mass is 477 g/mol. The first-order valence-electron chi connectivity index (χ1n) is 10.4. The molecule has 4 nitrogen and oxygen atoms in total. The van der Waals surface area contributed by atoms with Crippen LogP contribution in [0, 0.1) is 0 Å². The molecule has 3 aromatic carbocycles. The van der Waals surface area contributed by atoms with Crippen molar-refractivity contribution in [3.8, 4) is 16.9 Å². The number of hydrogen-bond donors (Lipinski definition) is 2. The Morgan fingerprint density at radius 2 is 1.81 bits per heavy atom. The Labute approximate surface area is 189 Å². The molecule has 1 amide bonds. The first-order valence-corrected chi connectivity index (χ1v) is 11.2. The van der Waals surface area contributed by atoms with Crippen molar-refractivity contribution in [2.75, 3.05) is 0 Å². The highest BCUT2D eigenvalue weighted by Crippen LogP contribution is 2.33. The molecule has 31 heavy (non-hydrogen) atoms. The number of rotatable bonds is 7. The van der Waals surface area contributed by atoms with Crippen LogP contribution in [0.1, 0.15) is 47.0 Å². The molecule has 0 saturated heterocycles. The van der Waals surface area contributed by atoms with E-state index < -0.39 is 5.91 Å². The highest BCUT2D eigenvalue weighted by molar-refractivity contribution is 9.10. The van der Waals surface area contributed by atoms with Gasteiger partial charge in [-0.15, -0.1) is 0 Å². The Morgan fingerprint density at radius 3 is 2.48 bits per heavy atom. The van der Waals surface area contributed by atoms with Crippen LogP contribution in [0.3, 0.4) is 0 Å². The number of benzene rings is 3. The van der Waals surface area contributed by atoms with Crippen LogP contribution in [0.4, 0.5) is 0 Å². The van der Waals surface area contributed by atoms with Crippen LogP contribution in [0.15, 0.2) is 69.6 Å². The molecule has 0 aliphatic rings. The molecule has 0 aliphatic heterocycles. The minimum absolute atomic E-state index is 0.220. The van der Waals surface area contributed by atoms with Gasteiger partial charge in [0.25, 0.3) is 5.91 Å². The fourth-order valence-corrected chi connectivity index (χ4v) is 4.29. The van der Waals surface area contributed by atoms with Crippen molar-refractivity contribution in [3.63, 3.8) is 0 Å². The zero-order valence-electron chi connectivity index (χ0n) is 17.3. The zero-order chi connectivity index (χ0) is 22.0. The van der Waals surface area contributed by atoms with Crippen LogP contribution in [0.25, 0.3) is 22.1 Å². The Balaban J connectivity index is 1.67. The summed E-state index contributed by atoms with van der Waals surface area (Å²) in [5, 5.41) is 10.5. The average molecular weight is 478 g/mol. The van der Waals surface area contributed by atoms with Gasteiger partial charge in [0.2, 0.25) is 0 Å². The lowest BCUT2D eigenvalue weighted by molar-refractivity contribution is 0.0999. The zero-order valence-corrected chi connectivity index (χ0v) is 18.9. The van der Waals surface area contributed by atoms with Gasteiger partial charge in [0.1, 0.15) is 17.1 Å². The number of aryl methyl sites for hydroxylation is 1. The molecule has 158 valence electrons. The van der Waals surface area contributed by atoms with Crippen molar-refractivity contribution in [2.24, 2.45) is 5.73 Å². The maximum atomic E-state index is 12.3. The molecule has 1 heterocycles. The van der Waals surface area contributed by atoms with Gasteiger partial charge in [-0.25, -0.2) is 0 Å². The first kappa shape index (κ1) is 21.2. The average Bonchev–Trinajstić information content (AvgIpc) is 3.14. The number of unbranched alkanes of at least 4 members (excludes halogenated alkanes) is 1. The molecule has 4 rings (SSSR count). The molecule has 0 saturated carbocycles. The van der Waals surface area contributed by atoms with E-state index >= 15 is 0 Å². The SMILES string of the molecule is CCCCc1oc2cccc(Cc3ccc(-c4ccc(O)c(Br)c4)cc3)c2c1C(N)=O. The predicted molar refractivity (Wildman–Crippen MR) is 127 cm³/mol. The van der Waals surface area contributed by atoms with Crippen LogP contribution < -0.4 is 5.73 Å². The minimum Gasteiger partial charge on any atom is -0.507 e. The quantitative estimate of drug-likeness (QED) is 0.314. The molecule has 0 spiro atoms. The van der Waals surface area contributed by atoms with Gasteiger partial charge in [0, 0.05) is 11.8 Å². The molecule has 3 N–H and O–H groups in total. The third kappa shape index (κ3) is 4.37. The standard InChI is InChI=1S/C26H24BrNO3/c1-2-3-6-23-25(26(28)30)24-19(5-4-7-22(24)31-23)14-16-8-10-17(11-9-16)18-12-13-21(29)20(27)15-18/h4-5,7-13,15,29H,2-3,6,14H2,1H3,(H2,28,30). The van der Waals surface area contributed by atoms with E-state index in [0.29, 0.717) is 34.2 Å². The fourth-order valence-electron chi connectivity index (χ4n) is 3.91. The number of aromatic hydroxyl groups is 1. The molecule has 0 atom stereocenters. The molecule has 1 aromatic heterocycles. The summed E-state index contributed by atoms with van der Waals surface area (Å²) in [6, 6.07) is 19.6. The number of fused-ring (bicyclic) bond motifs is 1. The highest BCUT2D eigenvalue weighted by Gasteiger charge is 2.21. The summed E-state index contributed by atoms with van der Waals surface area (Å²) >= 11 is 3.36. The highest BCUT2D eigenvalue weighted by atomic mass is 79.9. The lowest BCUT2D eigenvalue weighted by Crippen LogP contribution is -2.13. The normalized spacial score (nSPS) is 11.2. The van der Waals surface area contributed by atoms with Crippen molar-refractivity contribution in [3.05, 3.63) is 87.6 Å². The number of halogens is 1. The summed E-state index contributed by atoms with van der Waals surface area (Å²) in [6.45, 7) is 2.11. The molecule has 5 heteroatoms. The largest absolute Gasteiger partial charge is 0.507 e. The summed E-state index contributed by atoms with van der Waals surface area (Å²) < 4.78 is 6.68. The van der Waals surface area contributed by atoms with Crippen molar-refractivity contribution < 1.29 is 14.3 Å². The van der Waals surface area contributed by atoms with Crippen molar-refractivity contribution in [2.45, 2.75) is 32.6 Å². The summed E-state index contributed by atoms with van der Waals surface area (Å²) in [5.41, 5.74) is 11.2. The number of primary amides is 1. The molecule has 0 unspecified atom stereocenters. The number of nitrogens with two attached hydrogens (primary N) is 1. The van der Waals surface area contributed by atoms with E-state index in [9.17, 15) is 9.90 Å². The van der Waals surface area contributed by atoms with Crippen molar-refractivity contribution >= 4 is 32.8 Å². The lowest BCUT2D eigenvalue weighted by Gasteiger charge is -2.08. The second-order valence-corrected chi connectivity index (χ2v) is 8.55. The maximum Gasteiger partial charge on any atom is 0.252 e. The van der Waals surface area contributed by atoms with Crippen LogP contribution >= 0.6 is 15.9 Å². The van der Waals surface area contributed by atoms with Crippen LogP contribution in [0.5, 0.6) is 5.75 Å². The number of phenolic OH excluding ortho intramolecular Hbond substituents is 1. The fraction of sp³-hybridized carbons (Fsp3) is 0.192. The van der Waals surface area contributed by atoms with E-state index in [1.807, 2.05) is 30.3 Å².